The van der Waals surface area contributed by atoms with E-state index in [1.165, 1.54) is 16.8 Å². The molecule has 52 heavy (non-hydrogen) atoms. The van der Waals surface area contributed by atoms with Crippen molar-refractivity contribution in [3.8, 4) is 0 Å². The van der Waals surface area contributed by atoms with Crippen LogP contribution in [0.5, 0.6) is 0 Å². The number of thiazole rings is 2. The maximum absolute atomic E-state index is 11.7. The van der Waals surface area contributed by atoms with Gasteiger partial charge in [0, 0.05) is 10.8 Å². The zero-order valence-electron chi connectivity index (χ0n) is 31.4. The lowest BCUT2D eigenvalue weighted by Gasteiger charge is -2.19. The number of aliphatic hydroxyl groups excluding tert-OH is 1. The van der Waals surface area contributed by atoms with Crippen LogP contribution in [0.3, 0.4) is 0 Å². The van der Waals surface area contributed by atoms with Crippen LogP contribution in [0.1, 0.15) is 85.2 Å². The van der Waals surface area contributed by atoms with Crippen LogP contribution in [0.15, 0.2) is 59.3 Å². The third-order valence-corrected chi connectivity index (χ3v) is 8.24. The van der Waals surface area contributed by atoms with Crippen molar-refractivity contribution in [1.29, 1.82) is 0 Å². The summed E-state index contributed by atoms with van der Waals surface area (Å²) < 4.78 is 14.9. The number of aryl methyl sites for hydroxylation is 6. The fraction of sp³-hybridized carbons (Fsp3) is 0.447. The summed E-state index contributed by atoms with van der Waals surface area (Å²) in [6.07, 6.45) is 2.58. The van der Waals surface area contributed by atoms with E-state index in [0.29, 0.717) is 0 Å². The van der Waals surface area contributed by atoms with Gasteiger partial charge in [0.2, 0.25) is 0 Å². The van der Waals surface area contributed by atoms with Crippen molar-refractivity contribution in [2.45, 2.75) is 105 Å². The molecule has 12 nitrogen and oxygen atoms in total. The smallest absolute Gasteiger partial charge is 0.421 e. The first-order valence-corrected chi connectivity index (χ1v) is 18.6. The number of nitrogens with two attached hydrogens (primary N) is 1. The van der Waals surface area contributed by atoms with Crippen LogP contribution < -0.4 is 16.6 Å². The molecule has 0 aliphatic heterocycles. The Morgan fingerprint density at radius 3 is 1.48 bits per heavy atom. The summed E-state index contributed by atoms with van der Waals surface area (Å²) in [6.45, 7) is 14.7. The van der Waals surface area contributed by atoms with E-state index in [-0.39, 0.29) is 19.8 Å². The van der Waals surface area contributed by atoms with Gasteiger partial charge >= 0.3 is 18.2 Å². The Bertz CT molecular complexity index is 1660. The fourth-order valence-electron chi connectivity index (χ4n) is 4.19. The van der Waals surface area contributed by atoms with Gasteiger partial charge in [-0.3, -0.25) is 10.2 Å². The van der Waals surface area contributed by atoms with E-state index >= 15 is 0 Å². The number of rotatable bonds is 11. The lowest BCUT2D eigenvalue weighted by Crippen LogP contribution is -2.36. The van der Waals surface area contributed by atoms with Crippen molar-refractivity contribution in [3.05, 3.63) is 103 Å². The lowest BCUT2D eigenvalue weighted by molar-refractivity contribution is -0.143. The highest BCUT2D eigenvalue weighted by Gasteiger charge is 2.17. The number of nitrogens with zero attached hydrogens (tertiary/aromatic N) is 2. The van der Waals surface area contributed by atoms with Gasteiger partial charge in [-0.2, -0.15) is 0 Å². The summed E-state index contributed by atoms with van der Waals surface area (Å²) in [6, 6.07) is 16.0. The number of alkyl carbamates (subject to hydrolysis) is 1. The SMILES string of the molecule is CC(C)(C)OC(=O)NN.Cc1nc(CCc2ccc(CO)cc2)cs1.Cc1nc(CCc2ccc(COC(=O)CNC(=O)OC(C)(C)C)cc2)cs1. The fourth-order valence-corrected chi connectivity index (χ4v) is 5.48. The number of nitrogens with one attached hydrogen (secondary N) is 2. The largest absolute Gasteiger partial charge is 0.460 e. The van der Waals surface area contributed by atoms with Crippen LogP contribution in [0.25, 0.3) is 0 Å². The van der Waals surface area contributed by atoms with E-state index in [1.807, 2.05) is 55.7 Å². The highest BCUT2D eigenvalue weighted by molar-refractivity contribution is 7.09. The second kappa shape index (κ2) is 21.9. The van der Waals surface area contributed by atoms with Crippen LogP contribution in [0.2, 0.25) is 0 Å². The molecule has 2 heterocycles. The molecule has 2 aromatic heterocycles. The van der Waals surface area contributed by atoms with E-state index in [0.717, 1.165) is 52.5 Å². The molecule has 14 heteroatoms. The molecule has 0 aliphatic rings. The highest BCUT2D eigenvalue weighted by atomic mass is 32.1. The number of esters is 1. The summed E-state index contributed by atoms with van der Waals surface area (Å²) in [4.78, 5) is 42.5. The van der Waals surface area contributed by atoms with Crippen molar-refractivity contribution < 1.29 is 33.7 Å². The summed E-state index contributed by atoms with van der Waals surface area (Å²) >= 11 is 3.37. The molecule has 2 amide bonds. The zero-order chi connectivity index (χ0) is 38.7. The van der Waals surface area contributed by atoms with Crippen molar-refractivity contribution >= 4 is 40.8 Å². The predicted molar refractivity (Wildman–Crippen MR) is 205 cm³/mol. The summed E-state index contributed by atoms with van der Waals surface area (Å²) in [5.41, 5.74) is 7.45. The van der Waals surface area contributed by atoms with E-state index in [4.69, 9.17) is 25.2 Å². The van der Waals surface area contributed by atoms with E-state index in [2.05, 4.69) is 38.2 Å². The third-order valence-electron chi connectivity index (χ3n) is 6.59. The molecule has 0 unspecified atom stereocenters. The van der Waals surface area contributed by atoms with Crippen molar-refractivity contribution in [1.82, 2.24) is 20.7 Å². The Hall–Kier alpha value is -4.37. The maximum atomic E-state index is 11.7. The van der Waals surface area contributed by atoms with Crippen LogP contribution in [0, 0.1) is 13.8 Å². The Kier molecular flexibility index (Phi) is 18.4. The summed E-state index contributed by atoms with van der Waals surface area (Å²) in [5, 5.41) is 17.7. The van der Waals surface area contributed by atoms with E-state index < -0.39 is 29.4 Å². The molecule has 4 aromatic rings. The number of ether oxygens (including phenoxy) is 3. The van der Waals surface area contributed by atoms with Gasteiger partial charge in [0.25, 0.3) is 0 Å². The Balaban J connectivity index is 0.000000314. The van der Waals surface area contributed by atoms with Crippen molar-refractivity contribution in [3.63, 3.8) is 0 Å². The van der Waals surface area contributed by atoms with Gasteiger partial charge in [0.05, 0.1) is 28.0 Å². The topological polar surface area (TPSA) is 175 Å². The standard InChI is InChI=1S/C20H26N2O4S.C13H15NOS.C5H12N2O2/c1-14-22-17(13-27-14)10-9-15-5-7-16(8-6-15)12-25-18(23)11-21-19(24)26-20(2,3)4;1-10-14-13(9-16-10)7-6-11-2-4-12(8-15)5-3-11;1-5(2,3)9-4(8)7-6/h5-8,13H,9-12H2,1-4H3,(H,21,24);2-5,9,15H,6-8H2,1H3;6H2,1-3H3,(H,7,8). The van der Waals surface area contributed by atoms with Gasteiger partial charge in [-0.1, -0.05) is 48.5 Å². The molecule has 0 fully saturated rings. The molecule has 0 saturated carbocycles. The quantitative estimate of drug-likeness (QED) is 0.0414. The van der Waals surface area contributed by atoms with Crippen molar-refractivity contribution in [2.24, 2.45) is 5.84 Å². The van der Waals surface area contributed by atoms with Gasteiger partial charge in [-0.15, -0.1) is 22.7 Å². The maximum Gasteiger partial charge on any atom is 0.421 e. The molecular weight excluding hydrogens is 703 g/mol. The molecule has 0 aliphatic carbocycles. The molecule has 0 radical (unpaired) electrons. The third kappa shape index (κ3) is 19.9. The monoisotopic (exact) mass is 755 g/mol. The average Bonchev–Trinajstić information content (AvgIpc) is 3.71. The number of hydrogen-bond acceptors (Lipinski definition) is 12. The molecule has 0 bridgehead atoms. The Morgan fingerprint density at radius 2 is 1.12 bits per heavy atom. The highest BCUT2D eigenvalue weighted by Crippen LogP contribution is 2.14. The molecule has 5 N–H and O–H groups in total. The van der Waals surface area contributed by atoms with Gasteiger partial charge < -0.3 is 24.6 Å². The number of aliphatic hydroxyl groups is 1. The summed E-state index contributed by atoms with van der Waals surface area (Å²) in [5.74, 6) is 4.24. The molecule has 0 saturated heterocycles. The Labute approximate surface area is 315 Å². The van der Waals surface area contributed by atoms with Crippen LogP contribution in [0.4, 0.5) is 9.59 Å². The Morgan fingerprint density at radius 1 is 0.692 bits per heavy atom. The molecule has 4 rings (SSSR count). The lowest BCUT2D eigenvalue weighted by atomic mass is 10.1. The molecular formula is C38H53N5O7S2. The first-order valence-electron chi connectivity index (χ1n) is 16.8. The van der Waals surface area contributed by atoms with E-state index in [9.17, 15) is 14.4 Å². The number of carbonyl (C=O) groups excluding carboxylic acids is 3. The van der Waals surface area contributed by atoms with Crippen LogP contribution in [-0.2, 0) is 57.9 Å². The average molecular weight is 756 g/mol. The summed E-state index contributed by atoms with van der Waals surface area (Å²) in [7, 11) is 0. The molecule has 284 valence electrons. The number of hydrazine groups is 1. The molecule has 0 atom stereocenters. The number of hydrogen-bond donors (Lipinski definition) is 4. The second-order valence-corrected chi connectivity index (χ2v) is 15.8. The van der Waals surface area contributed by atoms with Gasteiger partial charge in [0.15, 0.2) is 0 Å². The minimum atomic E-state index is -0.640. The molecule has 0 spiro atoms. The minimum absolute atomic E-state index is 0.117. The number of aromatic nitrogens is 2. The second-order valence-electron chi connectivity index (χ2n) is 13.7. The van der Waals surface area contributed by atoms with Gasteiger partial charge in [-0.25, -0.2) is 25.4 Å². The zero-order valence-corrected chi connectivity index (χ0v) is 33.0. The van der Waals surface area contributed by atoms with Gasteiger partial charge in [0.1, 0.15) is 24.4 Å². The van der Waals surface area contributed by atoms with Gasteiger partial charge in [-0.05, 0) is 103 Å². The number of amides is 2. The normalized spacial score (nSPS) is 10.9. The first kappa shape index (κ1) is 43.8. The van der Waals surface area contributed by atoms with E-state index in [1.54, 1.807) is 64.2 Å². The molecule has 2 aromatic carbocycles. The first-order chi connectivity index (χ1) is 24.4. The number of carbonyl (C=O) groups is 3. The van der Waals surface area contributed by atoms with Crippen LogP contribution >= 0.6 is 22.7 Å². The van der Waals surface area contributed by atoms with Crippen molar-refractivity contribution in [2.75, 3.05) is 6.54 Å². The number of benzene rings is 2. The van der Waals surface area contributed by atoms with Crippen LogP contribution in [-0.4, -0.2) is 51.0 Å². The predicted octanol–water partition coefficient (Wildman–Crippen LogP) is 6.92. The minimum Gasteiger partial charge on any atom is -0.460 e.